The lowest BCUT2D eigenvalue weighted by Gasteiger charge is -2.29. The molecule has 1 N–H and O–H groups in total. The van der Waals surface area contributed by atoms with Crippen LogP contribution in [0.25, 0.3) is 10.8 Å². The van der Waals surface area contributed by atoms with Crippen molar-refractivity contribution in [3.05, 3.63) is 71.2 Å². The maximum Gasteiger partial charge on any atom is 0.0660 e. The SMILES string of the molecule is Clc1cc(NCc2cccc3ccccc23)ccc1N1CCOCC1. The third kappa shape index (κ3) is 3.58. The Morgan fingerprint density at radius 1 is 0.960 bits per heavy atom. The van der Waals surface area contributed by atoms with Crippen LogP contribution in [0.15, 0.2) is 60.7 Å². The first-order valence-corrected chi connectivity index (χ1v) is 9.02. The zero-order valence-electron chi connectivity index (χ0n) is 14.0. The van der Waals surface area contributed by atoms with Gasteiger partial charge < -0.3 is 15.0 Å². The Kier molecular flexibility index (Phi) is 4.77. The Hall–Kier alpha value is -2.23. The molecule has 1 fully saturated rings. The van der Waals surface area contributed by atoms with Crippen LogP contribution in [0.2, 0.25) is 5.02 Å². The summed E-state index contributed by atoms with van der Waals surface area (Å²) >= 11 is 6.52. The molecular formula is C21H21ClN2O. The number of rotatable bonds is 4. The van der Waals surface area contributed by atoms with Crippen LogP contribution in [0.1, 0.15) is 5.56 Å². The molecule has 3 aromatic rings. The molecule has 25 heavy (non-hydrogen) atoms. The van der Waals surface area contributed by atoms with Gasteiger partial charge >= 0.3 is 0 Å². The highest BCUT2D eigenvalue weighted by atomic mass is 35.5. The van der Waals surface area contributed by atoms with Gasteiger partial charge in [0.25, 0.3) is 0 Å². The highest BCUT2D eigenvalue weighted by molar-refractivity contribution is 6.33. The molecule has 0 aromatic heterocycles. The van der Waals surface area contributed by atoms with Crippen LogP contribution in [0.4, 0.5) is 11.4 Å². The molecule has 1 aliphatic heterocycles. The van der Waals surface area contributed by atoms with E-state index in [1.165, 1.54) is 16.3 Å². The van der Waals surface area contributed by atoms with Gasteiger partial charge in [-0.15, -0.1) is 0 Å². The third-order valence-corrected chi connectivity index (χ3v) is 4.97. The van der Waals surface area contributed by atoms with Crippen molar-refractivity contribution in [1.82, 2.24) is 0 Å². The van der Waals surface area contributed by atoms with Crippen molar-refractivity contribution < 1.29 is 4.74 Å². The fourth-order valence-electron chi connectivity index (χ4n) is 3.32. The monoisotopic (exact) mass is 352 g/mol. The van der Waals surface area contributed by atoms with Crippen LogP contribution in [-0.2, 0) is 11.3 Å². The van der Waals surface area contributed by atoms with Crippen molar-refractivity contribution in [2.75, 3.05) is 36.5 Å². The van der Waals surface area contributed by atoms with E-state index in [0.29, 0.717) is 0 Å². The maximum absolute atomic E-state index is 6.52. The second-order valence-electron chi connectivity index (χ2n) is 6.26. The van der Waals surface area contributed by atoms with E-state index in [1.54, 1.807) is 0 Å². The molecule has 0 aliphatic carbocycles. The molecule has 3 nitrogen and oxygen atoms in total. The average Bonchev–Trinajstić information content (AvgIpc) is 2.67. The van der Waals surface area contributed by atoms with E-state index >= 15 is 0 Å². The summed E-state index contributed by atoms with van der Waals surface area (Å²) in [7, 11) is 0. The van der Waals surface area contributed by atoms with E-state index in [2.05, 4.69) is 64.8 Å². The van der Waals surface area contributed by atoms with Crippen molar-refractivity contribution in [3.63, 3.8) is 0 Å². The van der Waals surface area contributed by atoms with Crippen molar-refractivity contribution in [2.24, 2.45) is 0 Å². The Labute approximate surface area is 153 Å². The van der Waals surface area contributed by atoms with Gasteiger partial charge in [-0.2, -0.15) is 0 Å². The quantitative estimate of drug-likeness (QED) is 0.719. The van der Waals surface area contributed by atoms with Gasteiger partial charge in [0.2, 0.25) is 0 Å². The normalized spacial score (nSPS) is 14.7. The number of fused-ring (bicyclic) bond motifs is 1. The molecule has 4 rings (SSSR count). The number of ether oxygens (including phenoxy) is 1. The van der Waals surface area contributed by atoms with Crippen molar-refractivity contribution >= 4 is 33.7 Å². The van der Waals surface area contributed by atoms with E-state index in [-0.39, 0.29) is 0 Å². The maximum atomic E-state index is 6.52. The summed E-state index contributed by atoms with van der Waals surface area (Å²) < 4.78 is 5.41. The zero-order chi connectivity index (χ0) is 17.1. The molecule has 3 aromatic carbocycles. The summed E-state index contributed by atoms with van der Waals surface area (Å²) in [5, 5.41) is 6.83. The lowest BCUT2D eigenvalue weighted by Crippen LogP contribution is -2.36. The predicted octanol–water partition coefficient (Wildman–Crippen LogP) is 4.94. The molecule has 0 radical (unpaired) electrons. The van der Waals surface area contributed by atoms with E-state index in [0.717, 1.165) is 49.2 Å². The second-order valence-corrected chi connectivity index (χ2v) is 6.66. The van der Waals surface area contributed by atoms with Gasteiger partial charge in [-0.05, 0) is 34.5 Å². The first-order chi connectivity index (χ1) is 12.3. The van der Waals surface area contributed by atoms with Gasteiger partial charge in [0, 0.05) is 25.3 Å². The number of hydrogen-bond donors (Lipinski definition) is 1. The summed E-state index contributed by atoms with van der Waals surface area (Å²) in [4.78, 5) is 2.28. The Bertz CT molecular complexity index is 869. The van der Waals surface area contributed by atoms with Crippen LogP contribution in [0.3, 0.4) is 0 Å². The van der Waals surface area contributed by atoms with Gasteiger partial charge in [0.1, 0.15) is 0 Å². The van der Waals surface area contributed by atoms with E-state index in [9.17, 15) is 0 Å². The fraction of sp³-hybridized carbons (Fsp3) is 0.238. The van der Waals surface area contributed by atoms with E-state index in [4.69, 9.17) is 16.3 Å². The summed E-state index contributed by atoms with van der Waals surface area (Å²) in [5.74, 6) is 0. The molecule has 4 heteroatoms. The number of anilines is 2. The molecule has 1 aliphatic rings. The smallest absolute Gasteiger partial charge is 0.0660 e. The number of nitrogens with one attached hydrogen (secondary N) is 1. The van der Waals surface area contributed by atoms with Gasteiger partial charge in [0.05, 0.1) is 23.9 Å². The summed E-state index contributed by atoms with van der Waals surface area (Å²) in [5.41, 5.74) is 3.40. The van der Waals surface area contributed by atoms with Crippen LogP contribution >= 0.6 is 11.6 Å². The molecule has 0 amide bonds. The number of halogens is 1. The first kappa shape index (κ1) is 16.2. The molecule has 0 atom stereocenters. The predicted molar refractivity (Wildman–Crippen MR) is 106 cm³/mol. The second kappa shape index (κ2) is 7.34. The minimum absolute atomic E-state index is 0.761. The molecule has 128 valence electrons. The highest BCUT2D eigenvalue weighted by Gasteiger charge is 2.14. The van der Waals surface area contributed by atoms with Crippen LogP contribution in [0, 0.1) is 0 Å². The topological polar surface area (TPSA) is 24.5 Å². The van der Waals surface area contributed by atoms with Crippen molar-refractivity contribution in [3.8, 4) is 0 Å². The van der Waals surface area contributed by atoms with Crippen molar-refractivity contribution in [2.45, 2.75) is 6.54 Å². The number of morpholine rings is 1. The lowest BCUT2D eigenvalue weighted by molar-refractivity contribution is 0.122. The molecular weight excluding hydrogens is 332 g/mol. The number of nitrogens with zero attached hydrogens (tertiary/aromatic N) is 1. The van der Waals surface area contributed by atoms with E-state index in [1.807, 2.05) is 6.07 Å². The van der Waals surface area contributed by atoms with Gasteiger partial charge in [0.15, 0.2) is 0 Å². The summed E-state index contributed by atoms with van der Waals surface area (Å²) in [6.45, 7) is 4.08. The van der Waals surface area contributed by atoms with Gasteiger partial charge in [-0.3, -0.25) is 0 Å². The third-order valence-electron chi connectivity index (χ3n) is 4.66. The molecule has 0 spiro atoms. The largest absolute Gasteiger partial charge is 0.381 e. The minimum Gasteiger partial charge on any atom is -0.381 e. The Balaban J connectivity index is 1.50. The van der Waals surface area contributed by atoms with Crippen molar-refractivity contribution in [1.29, 1.82) is 0 Å². The molecule has 1 saturated heterocycles. The highest BCUT2D eigenvalue weighted by Crippen LogP contribution is 2.30. The lowest BCUT2D eigenvalue weighted by atomic mass is 10.0. The fourth-order valence-corrected chi connectivity index (χ4v) is 3.62. The molecule has 0 bridgehead atoms. The Morgan fingerprint density at radius 3 is 2.60 bits per heavy atom. The Morgan fingerprint density at radius 2 is 1.76 bits per heavy atom. The standard InChI is InChI=1S/C21H21ClN2O/c22-20-14-18(8-9-21(20)24-10-12-25-13-11-24)23-15-17-6-3-5-16-4-1-2-7-19(16)17/h1-9,14,23H,10-13,15H2. The van der Waals surface area contributed by atoms with Crippen LogP contribution < -0.4 is 10.2 Å². The minimum atomic E-state index is 0.761. The van der Waals surface area contributed by atoms with Gasteiger partial charge in [-0.25, -0.2) is 0 Å². The molecule has 0 saturated carbocycles. The summed E-state index contributed by atoms with van der Waals surface area (Å²) in [6.07, 6.45) is 0. The molecule has 0 unspecified atom stereocenters. The van der Waals surface area contributed by atoms with Crippen LogP contribution in [0.5, 0.6) is 0 Å². The zero-order valence-corrected chi connectivity index (χ0v) is 14.8. The van der Waals surface area contributed by atoms with Gasteiger partial charge in [-0.1, -0.05) is 54.1 Å². The number of benzene rings is 3. The molecule has 1 heterocycles. The first-order valence-electron chi connectivity index (χ1n) is 8.64. The average molecular weight is 353 g/mol. The van der Waals surface area contributed by atoms with E-state index < -0.39 is 0 Å². The summed E-state index contributed by atoms with van der Waals surface area (Å²) in [6, 6.07) is 21.1. The number of hydrogen-bond acceptors (Lipinski definition) is 3. The van der Waals surface area contributed by atoms with Crippen LogP contribution in [-0.4, -0.2) is 26.3 Å².